The van der Waals surface area contributed by atoms with Crippen LogP contribution >= 0.6 is 11.3 Å². The van der Waals surface area contributed by atoms with Crippen molar-refractivity contribution in [2.45, 2.75) is 20.8 Å². The van der Waals surface area contributed by atoms with Gasteiger partial charge >= 0.3 is 0 Å². The summed E-state index contributed by atoms with van der Waals surface area (Å²) in [7, 11) is 0. The van der Waals surface area contributed by atoms with E-state index in [-0.39, 0.29) is 12.5 Å². The Morgan fingerprint density at radius 2 is 2.16 bits per heavy atom. The number of thiophene rings is 1. The van der Waals surface area contributed by atoms with Crippen molar-refractivity contribution in [3.8, 4) is 0 Å². The molecule has 0 aliphatic rings. The number of aliphatic hydroxyl groups excluding tert-OH is 1. The highest BCUT2D eigenvalue weighted by Gasteiger charge is 2.11. The molecule has 0 saturated carbocycles. The van der Waals surface area contributed by atoms with Gasteiger partial charge in [-0.3, -0.25) is 0 Å². The summed E-state index contributed by atoms with van der Waals surface area (Å²) in [5.74, 6) is 1.69. The average molecular weight is 280 g/mol. The minimum absolute atomic E-state index is 0.171. The molecule has 0 aliphatic heterocycles. The lowest BCUT2D eigenvalue weighted by Crippen LogP contribution is -2.16. The van der Waals surface area contributed by atoms with Crippen molar-refractivity contribution in [1.29, 1.82) is 0 Å². The third kappa shape index (κ3) is 3.33. The molecule has 2 rings (SSSR count). The van der Waals surface area contributed by atoms with Gasteiger partial charge in [-0.05, 0) is 25.8 Å². The first-order valence-corrected chi connectivity index (χ1v) is 7.32. The predicted octanol–water partition coefficient (Wildman–Crippen LogP) is 2.47. The molecule has 1 atom stereocenters. The Morgan fingerprint density at radius 3 is 2.84 bits per heavy atom. The van der Waals surface area contributed by atoms with Crippen LogP contribution in [0.15, 0.2) is 6.07 Å². The fraction of sp³-hybridized carbons (Fsp3) is 0.538. The number of anilines is 2. The summed E-state index contributed by atoms with van der Waals surface area (Å²) in [5, 5.41) is 16.6. The van der Waals surface area contributed by atoms with Crippen molar-refractivity contribution in [3.63, 3.8) is 0 Å². The Bertz CT molecular complexity index is 555. The molecule has 2 aromatic rings. The van der Waals surface area contributed by atoms with Crippen molar-refractivity contribution >= 4 is 33.3 Å². The molecule has 2 heterocycles. The lowest BCUT2D eigenvalue weighted by molar-refractivity contribution is 0.244. The highest BCUT2D eigenvalue weighted by atomic mass is 32.1. The first-order chi connectivity index (χ1) is 9.13. The molecule has 0 aromatic carbocycles. The molecule has 0 aliphatic carbocycles. The van der Waals surface area contributed by atoms with E-state index < -0.39 is 0 Å². The van der Waals surface area contributed by atoms with E-state index in [1.54, 1.807) is 11.3 Å². The molecule has 0 fully saturated rings. The molecule has 0 radical (unpaired) electrons. The van der Waals surface area contributed by atoms with Crippen LogP contribution in [-0.4, -0.2) is 34.8 Å². The van der Waals surface area contributed by atoms with Gasteiger partial charge in [0.25, 0.3) is 0 Å². The van der Waals surface area contributed by atoms with Crippen molar-refractivity contribution < 1.29 is 5.11 Å². The molecular formula is C13H20N4OS. The highest BCUT2D eigenvalue weighted by molar-refractivity contribution is 7.18. The van der Waals surface area contributed by atoms with Crippen molar-refractivity contribution in [2.24, 2.45) is 5.92 Å². The lowest BCUT2D eigenvalue weighted by Gasteiger charge is -2.12. The highest BCUT2D eigenvalue weighted by Crippen LogP contribution is 2.29. The molecule has 0 bridgehead atoms. The van der Waals surface area contributed by atoms with Gasteiger partial charge in [-0.15, -0.1) is 11.3 Å². The Labute approximate surface area is 117 Å². The van der Waals surface area contributed by atoms with Crippen LogP contribution in [0.1, 0.15) is 18.7 Å². The summed E-state index contributed by atoms with van der Waals surface area (Å²) in [6, 6.07) is 2.10. The SMILES string of the molecule is CCNc1nc(NCC(C)CO)c2cc(C)sc2n1. The van der Waals surface area contributed by atoms with E-state index in [1.807, 2.05) is 13.8 Å². The second kappa shape index (κ2) is 6.16. The van der Waals surface area contributed by atoms with E-state index in [0.717, 1.165) is 22.6 Å². The van der Waals surface area contributed by atoms with Gasteiger partial charge in [0.15, 0.2) is 0 Å². The van der Waals surface area contributed by atoms with Crippen LogP contribution in [0.4, 0.5) is 11.8 Å². The molecule has 0 saturated heterocycles. The Balaban J connectivity index is 2.32. The topological polar surface area (TPSA) is 70.1 Å². The molecule has 104 valence electrons. The standard InChI is InChI=1S/C13H20N4OS/c1-4-14-13-16-11(15-6-8(2)7-18)10-5-9(3)19-12(10)17-13/h5,8,18H,4,6-7H2,1-3H3,(H2,14,15,16,17). The van der Waals surface area contributed by atoms with Crippen LogP contribution in [0.25, 0.3) is 10.2 Å². The van der Waals surface area contributed by atoms with E-state index >= 15 is 0 Å². The number of aliphatic hydroxyl groups is 1. The molecule has 0 spiro atoms. The number of fused-ring (bicyclic) bond motifs is 1. The van der Waals surface area contributed by atoms with Gasteiger partial charge in [-0.1, -0.05) is 6.92 Å². The van der Waals surface area contributed by atoms with Gasteiger partial charge in [-0.2, -0.15) is 4.98 Å². The summed E-state index contributed by atoms with van der Waals surface area (Å²) >= 11 is 1.67. The number of aryl methyl sites for hydroxylation is 1. The maximum atomic E-state index is 9.09. The van der Waals surface area contributed by atoms with Crippen LogP contribution in [-0.2, 0) is 0 Å². The number of nitrogens with one attached hydrogen (secondary N) is 2. The maximum Gasteiger partial charge on any atom is 0.226 e. The monoisotopic (exact) mass is 280 g/mol. The summed E-state index contributed by atoms with van der Waals surface area (Å²) < 4.78 is 0. The van der Waals surface area contributed by atoms with Gasteiger partial charge in [0.2, 0.25) is 5.95 Å². The van der Waals surface area contributed by atoms with Gasteiger partial charge in [-0.25, -0.2) is 4.98 Å². The second-order valence-corrected chi connectivity index (χ2v) is 5.91. The van der Waals surface area contributed by atoms with Crippen molar-refractivity contribution in [2.75, 3.05) is 30.3 Å². The third-order valence-electron chi connectivity index (χ3n) is 2.78. The van der Waals surface area contributed by atoms with Crippen LogP contribution in [0.3, 0.4) is 0 Å². The molecule has 19 heavy (non-hydrogen) atoms. The molecule has 6 heteroatoms. The normalized spacial score (nSPS) is 12.6. The largest absolute Gasteiger partial charge is 0.396 e. The number of hydrogen-bond donors (Lipinski definition) is 3. The fourth-order valence-electron chi connectivity index (χ4n) is 1.75. The smallest absolute Gasteiger partial charge is 0.226 e. The Kier molecular flexibility index (Phi) is 4.55. The first-order valence-electron chi connectivity index (χ1n) is 6.50. The predicted molar refractivity (Wildman–Crippen MR) is 81.1 cm³/mol. The second-order valence-electron chi connectivity index (χ2n) is 4.67. The average Bonchev–Trinajstić information content (AvgIpc) is 2.76. The van der Waals surface area contributed by atoms with Crippen LogP contribution in [0, 0.1) is 12.8 Å². The maximum absolute atomic E-state index is 9.09. The van der Waals surface area contributed by atoms with E-state index in [2.05, 4.69) is 33.6 Å². The Hall–Kier alpha value is -1.40. The zero-order chi connectivity index (χ0) is 13.8. The number of hydrogen-bond acceptors (Lipinski definition) is 6. The quantitative estimate of drug-likeness (QED) is 0.758. The summed E-state index contributed by atoms with van der Waals surface area (Å²) in [6.07, 6.45) is 0. The van der Waals surface area contributed by atoms with Crippen LogP contribution in [0.2, 0.25) is 0 Å². The summed E-state index contributed by atoms with van der Waals surface area (Å²) in [4.78, 5) is 11.2. The Morgan fingerprint density at radius 1 is 1.37 bits per heavy atom. The minimum atomic E-state index is 0.171. The molecule has 2 aromatic heterocycles. The van der Waals surface area contributed by atoms with Gasteiger partial charge in [0, 0.05) is 24.6 Å². The van der Waals surface area contributed by atoms with Crippen molar-refractivity contribution in [1.82, 2.24) is 9.97 Å². The zero-order valence-electron chi connectivity index (χ0n) is 11.5. The van der Waals surface area contributed by atoms with Gasteiger partial charge < -0.3 is 15.7 Å². The lowest BCUT2D eigenvalue weighted by atomic mass is 10.2. The number of rotatable bonds is 6. The van der Waals surface area contributed by atoms with Crippen LogP contribution < -0.4 is 10.6 Å². The first kappa shape index (κ1) is 14.0. The summed E-state index contributed by atoms with van der Waals surface area (Å²) in [5.41, 5.74) is 0. The molecule has 5 nitrogen and oxygen atoms in total. The zero-order valence-corrected chi connectivity index (χ0v) is 12.3. The van der Waals surface area contributed by atoms with Gasteiger partial charge in [0.1, 0.15) is 10.6 Å². The molecule has 3 N–H and O–H groups in total. The van der Waals surface area contributed by atoms with E-state index in [9.17, 15) is 0 Å². The van der Waals surface area contributed by atoms with E-state index in [4.69, 9.17) is 5.11 Å². The van der Waals surface area contributed by atoms with E-state index in [0.29, 0.717) is 12.5 Å². The van der Waals surface area contributed by atoms with Gasteiger partial charge in [0.05, 0.1) is 5.39 Å². The summed E-state index contributed by atoms with van der Waals surface area (Å²) in [6.45, 7) is 7.75. The molecule has 0 amide bonds. The number of nitrogens with zero attached hydrogens (tertiary/aromatic N) is 2. The molecule has 1 unspecified atom stereocenters. The number of aromatic nitrogens is 2. The fourth-order valence-corrected chi connectivity index (χ4v) is 2.63. The van der Waals surface area contributed by atoms with Crippen molar-refractivity contribution in [3.05, 3.63) is 10.9 Å². The molecular weight excluding hydrogens is 260 g/mol. The minimum Gasteiger partial charge on any atom is -0.396 e. The third-order valence-corrected chi connectivity index (χ3v) is 3.72. The van der Waals surface area contributed by atoms with Crippen LogP contribution in [0.5, 0.6) is 0 Å². The van der Waals surface area contributed by atoms with E-state index in [1.165, 1.54) is 4.88 Å².